The second-order valence-electron chi connectivity index (χ2n) is 3.98. The summed E-state index contributed by atoms with van der Waals surface area (Å²) in [5.41, 5.74) is 0.916. The topological polar surface area (TPSA) is 47.3 Å². The van der Waals surface area contributed by atoms with Crippen LogP contribution in [0.25, 0.3) is 0 Å². The van der Waals surface area contributed by atoms with Gasteiger partial charge in [0.1, 0.15) is 0 Å². The molecule has 0 aliphatic rings. The number of likely N-dealkylation sites (N-methyl/N-ethyl adjacent to an activating group) is 1. The van der Waals surface area contributed by atoms with Gasteiger partial charge in [0.2, 0.25) is 0 Å². The number of nitrogens with zero attached hydrogens (tertiary/aromatic N) is 2. The fraction of sp³-hybridized carbons (Fsp3) is 0.462. The third-order valence-corrected chi connectivity index (χ3v) is 2.87. The maximum absolute atomic E-state index is 10.1. The van der Waals surface area contributed by atoms with E-state index in [1.807, 2.05) is 49.2 Å². The number of rotatable bonds is 5. The summed E-state index contributed by atoms with van der Waals surface area (Å²) in [6.07, 6.45) is -0.0209. The highest BCUT2D eigenvalue weighted by Gasteiger charge is 2.19. The zero-order valence-electron chi connectivity index (χ0n) is 9.80. The minimum absolute atomic E-state index is 0.00995. The molecule has 0 radical (unpaired) electrons. The summed E-state index contributed by atoms with van der Waals surface area (Å²) >= 11 is 0. The molecule has 2 atom stereocenters. The third kappa shape index (κ3) is 3.34. The van der Waals surface area contributed by atoms with Crippen LogP contribution < -0.4 is 0 Å². The first-order valence-electron chi connectivity index (χ1n) is 5.47. The first kappa shape index (κ1) is 12.7. The summed E-state index contributed by atoms with van der Waals surface area (Å²) in [7, 11) is 1.92. The molecule has 0 spiro atoms. The third-order valence-electron chi connectivity index (χ3n) is 2.87. The summed E-state index contributed by atoms with van der Waals surface area (Å²) in [4.78, 5) is 2.00. The lowest BCUT2D eigenvalue weighted by Crippen LogP contribution is -2.34. The van der Waals surface area contributed by atoms with E-state index in [1.54, 1.807) is 0 Å². The Morgan fingerprint density at radius 1 is 1.38 bits per heavy atom. The van der Waals surface area contributed by atoms with E-state index in [9.17, 15) is 5.11 Å². The van der Waals surface area contributed by atoms with Crippen LogP contribution in [0, 0.1) is 11.3 Å². The number of hydrogen-bond acceptors (Lipinski definition) is 3. The molecule has 1 rings (SSSR count). The highest BCUT2D eigenvalue weighted by molar-refractivity contribution is 5.18. The van der Waals surface area contributed by atoms with Crippen LogP contribution in [-0.4, -0.2) is 29.6 Å². The molecule has 16 heavy (non-hydrogen) atoms. The lowest BCUT2D eigenvalue weighted by molar-refractivity contribution is 0.0737. The molecule has 0 amide bonds. The number of hydrogen-bond donors (Lipinski definition) is 1. The van der Waals surface area contributed by atoms with Gasteiger partial charge in [0.25, 0.3) is 0 Å². The molecule has 3 heteroatoms. The standard InChI is InChI=1S/C13H18N2O/c1-11(15(2)10-6-9-14)13(16)12-7-4-3-5-8-12/h3-5,7-8,11,13,16H,6,10H2,1-2H3/t11-,13+/m1/s1. The van der Waals surface area contributed by atoms with Crippen molar-refractivity contribution in [3.05, 3.63) is 35.9 Å². The van der Waals surface area contributed by atoms with E-state index in [0.717, 1.165) is 5.56 Å². The minimum atomic E-state index is -0.509. The van der Waals surface area contributed by atoms with Crippen LogP contribution in [0.1, 0.15) is 25.0 Å². The summed E-state index contributed by atoms with van der Waals surface area (Å²) < 4.78 is 0. The fourth-order valence-electron chi connectivity index (χ4n) is 1.60. The maximum Gasteiger partial charge on any atom is 0.0942 e. The summed E-state index contributed by atoms with van der Waals surface area (Å²) in [6.45, 7) is 2.65. The van der Waals surface area contributed by atoms with Gasteiger partial charge in [-0.1, -0.05) is 30.3 Å². The zero-order chi connectivity index (χ0) is 12.0. The van der Waals surface area contributed by atoms with Gasteiger partial charge in [0, 0.05) is 19.0 Å². The number of aliphatic hydroxyl groups excluding tert-OH is 1. The van der Waals surface area contributed by atoms with E-state index in [2.05, 4.69) is 6.07 Å². The van der Waals surface area contributed by atoms with E-state index in [4.69, 9.17) is 5.26 Å². The Hall–Kier alpha value is -1.37. The van der Waals surface area contributed by atoms with Crippen molar-refractivity contribution in [3.8, 4) is 6.07 Å². The quantitative estimate of drug-likeness (QED) is 0.821. The van der Waals surface area contributed by atoms with Crippen molar-refractivity contribution in [2.24, 2.45) is 0 Å². The molecule has 1 N–H and O–H groups in total. The van der Waals surface area contributed by atoms with Crippen LogP contribution in [-0.2, 0) is 0 Å². The molecule has 0 fully saturated rings. The molecule has 3 nitrogen and oxygen atoms in total. The number of aliphatic hydroxyl groups is 1. The first-order valence-corrected chi connectivity index (χ1v) is 5.47. The second-order valence-corrected chi connectivity index (χ2v) is 3.98. The van der Waals surface area contributed by atoms with Gasteiger partial charge in [-0.05, 0) is 19.5 Å². The molecular weight excluding hydrogens is 200 g/mol. The van der Waals surface area contributed by atoms with Crippen molar-refractivity contribution in [3.63, 3.8) is 0 Å². The molecule has 0 saturated carbocycles. The molecule has 0 unspecified atom stereocenters. The van der Waals surface area contributed by atoms with Crippen LogP contribution in [0.4, 0.5) is 0 Å². The van der Waals surface area contributed by atoms with Crippen molar-refractivity contribution in [1.82, 2.24) is 4.90 Å². The molecule has 0 bridgehead atoms. The van der Waals surface area contributed by atoms with Gasteiger partial charge in [-0.25, -0.2) is 0 Å². The lowest BCUT2D eigenvalue weighted by atomic mass is 10.0. The van der Waals surface area contributed by atoms with Gasteiger partial charge in [-0.2, -0.15) is 5.26 Å². The van der Waals surface area contributed by atoms with Crippen molar-refractivity contribution >= 4 is 0 Å². The zero-order valence-corrected chi connectivity index (χ0v) is 9.80. The molecular formula is C13H18N2O. The van der Waals surface area contributed by atoms with Crippen LogP contribution in [0.15, 0.2) is 30.3 Å². The lowest BCUT2D eigenvalue weighted by Gasteiger charge is -2.28. The van der Waals surface area contributed by atoms with Gasteiger partial charge < -0.3 is 5.11 Å². The highest BCUT2D eigenvalue weighted by Crippen LogP contribution is 2.19. The molecule has 86 valence electrons. The van der Waals surface area contributed by atoms with Crippen molar-refractivity contribution in [1.29, 1.82) is 5.26 Å². The minimum Gasteiger partial charge on any atom is -0.387 e. The predicted octanol–water partition coefficient (Wildman–Crippen LogP) is 1.95. The van der Waals surface area contributed by atoms with Crippen LogP contribution in [0.3, 0.4) is 0 Å². The van der Waals surface area contributed by atoms with Gasteiger partial charge in [0.15, 0.2) is 0 Å². The number of nitriles is 1. The Bertz CT molecular complexity index is 345. The first-order chi connectivity index (χ1) is 7.66. The second kappa shape index (κ2) is 6.26. The van der Waals surface area contributed by atoms with Gasteiger partial charge >= 0.3 is 0 Å². The molecule has 0 saturated heterocycles. The summed E-state index contributed by atoms with van der Waals surface area (Å²) in [5, 5.41) is 18.6. The van der Waals surface area contributed by atoms with Crippen LogP contribution in [0.5, 0.6) is 0 Å². The molecule has 1 aromatic carbocycles. The Balaban J connectivity index is 2.60. The molecule has 1 aromatic rings. The Labute approximate surface area is 96.9 Å². The normalized spacial score (nSPS) is 14.4. The summed E-state index contributed by atoms with van der Waals surface area (Å²) in [5.74, 6) is 0. The van der Waals surface area contributed by atoms with E-state index >= 15 is 0 Å². The van der Waals surface area contributed by atoms with Gasteiger partial charge in [-0.15, -0.1) is 0 Å². The van der Waals surface area contributed by atoms with Crippen molar-refractivity contribution < 1.29 is 5.11 Å². The van der Waals surface area contributed by atoms with E-state index in [-0.39, 0.29) is 6.04 Å². The average molecular weight is 218 g/mol. The van der Waals surface area contributed by atoms with E-state index in [1.165, 1.54) is 0 Å². The smallest absolute Gasteiger partial charge is 0.0942 e. The largest absolute Gasteiger partial charge is 0.387 e. The number of benzene rings is 1. The maximum atomic E-state index is 10.1. The molecule has 0 aromatic heterocycles. The van der Waals surface area contributed by atoms with Crippen LogP contribution >= 0.6 is 0 Å². The van der Waals surface area contributed by atoms with Crippen molar-refractivity contribution in [2.75, 3.05) is 13.6 Å². The van der Waals surface area contributed by atoms with Crippen molar-refractivity contribution in [2.45, 2.75) is 25.5 Å². The predicted molar refractivity (Wildman–Crippen MR) is 63.7 cm³/mol. The Kier molecular flexibility index (Phi) is 4.97. The SMILES string of the molecule is C[C@H]([C@H](O)c1ccccc1)N(C)CCC#N. The average Bonchev–Trinajstić information content (AvgIpc) is 2.35. The van der Waals surface area contributed by atoms with Gasteiger partial charge in [-0.3, -0.25) is 4.90 Å². The highest BCUT2D eigenvalue weighted by atomic mass is 16.3. The molecule has 0 aliphatic carbocycles. The Morgan fingerprint density at radius 2 is 2.00 bits per heavy atom. The summed E-state index contributed by atoms with van der Waals surface area (Å²) in [6, 6.07) is 11.7. The van der Waals surface area contributed by atoms with E-state index in [0.29, 0.717) is 13.0 Å². The van der Waals surface area contributed by atoms with Gasteiger partial charge in [0.05, 0.1) is 12.2 Å². The molecule has 0 aliphatic heterocycles. The fourth-order valence-corrected chi connectivity index (χ4v) is 1.60. The molecule has 0 heterocycles. The monoisotopic (exact) mass is 218 g/mol. The van der Waals surface area contributed by atoms with Crippen LogP contribution in [0.2, 0.25) is 0 Å². The van der Waals surface area contributed by atoms with E-state index < -0.39 is 6.10 Å². The Morgan fingerprint density at radius 3 is 2.56 bits per heavy atom.